The standard InChI is InChI=1S/C26H29N4O4/c1-31-21-10-9-17(13-22(21)32-2)11-12-27-26-24-19(15-28-29-26)16-30(34-4)23(33-3)14-18-7-5-6-8-20(18)25(24)30/h6,8-10,13-16H,5,7,11-12H2,1-4H3,(H,27,29)/q+1. The van der Waals surface area contributed by atoms with E-state index in [2.05, 4.69) is 33.7 Å². The maximum atomic E-state index is 6.09. The molecule has 0 saturated carbocycles. The quantitative estimate of drug-likeness (QED) is 0.606. The van der Waals surface area contributed by atoms with Crippen molar-refractivity contribution in [2.45, 2.75) is 19.3 Å². The van der Waals surface area contributed by atoms with Crippen molar-refractivity contribution in [1.29, 1.82) is 0 Å². The van der Waals surface area contributed by atoms with Gasteiger partial charge in [-0.05, 0) is 42.5 Å². The van der Waals surface area contributed by atoms with Gasteiger partial charge in [-0.3, -0.25) is 0 Å². The number of hydrogen-bond acceptors (Lipinski definition) is 7. The monoisotopic (exact) mass is 461 g/mol. The molecule has 0 saturated heterocycles. The molecule has 1 aliphatic carbocycles. The molecule has 1 aromatic carbocycles. The number of hydrogen-bond donors (Lipinski definition) is 1. The van der Waals surface area contributed by atoms with Crippen LogP contribution in [-0.4, -0.2) is 49.8 Å². The Kier molecular flexibility index (Phi) is 5.85. The van der Waals surface area contributed by atoms with Gasteiger partial charge < -0.3 is 19.5 Å². The maximum Gasteiger partial charge on any atom is 0.335 e. The summed E-state index contributed by atoms with van der Waals surface area (Å²) in [5.74, 6) is 2.89. The molecule has 3 aliphatic rings. The van der Waals surface area contributed by atoms with Gasteiger partial charge in [0, 0.05) is 18.2 Å². The first-order valence-electron chi connectivity index (χ1n) is 11.3. The van der Waals surface area contributed by atoms with E-state index in [1.54, 1.807) is 34.6 Å². The molecule has 1 aromatic heterocycles. The number of aromatic nitrogens is 2. The highest BCUT2D eigenvalue weighted by Gasteiger charge is 2.49. The van der Waals surface area contributed by atoms with Crippen molar-refractivity contribution < 1.29 is 23.7 Å². The highest BCUT2D eigenvalue weighted by molar-refractivity contribution is 5.74. The van der Waals surface area contributed by atoms with E-state index in [-0.39, 0.29) is 4.65 Å². The zero-order valence-corrected chi connectivity index (χ0v) is 19.9. The minimum Gasteiger partial charge on any atom is -0.493 e. The summed E-state index contributed by atoms with van der Waals surface area (Å²) >= 11 is 0. The molecule has 176 valence electrons. The fourth-order valence-electron chi connectivity index (χ4n) is 4.88. The third-order valence-electron chi connectivity index (χ3n) is 6.51. The Morgan fingerprint density at radius 3 is 2.68 bits per heavy atom. The summed E-state index contributed by atoms with van der Waals surface area (Å²) in [6.07, 6.45) is 13.0. The second-order valence-corrected chi connectivity index (χ2v) is 8.27. The molecule has 8 nitrogen and oxygen atoms in total. The van der Waals surface area contributed by atoms with E-state index in [0.717, 1.165) is 69.7 Å². The number of benzene rings is 1. The average Bonchev–Trinajstić information content (AvgIpc) is 3.24. The number of fused-ring (bicyclic) bond motifs is 3. The van der Waals surface area contributed by atoms with Crippen molar-refractivity contribution in [2.75, 3.05) is 40.3 Å². The summed E-state index contributed by atoms with van der Waals surface area (Å²) in [6, 6.07) is 5.96. The molecule has 0 spiro atoms. The third kappa shape index (κ3) is 3.46. The zero-order chi connectivity index (χ0) is 23.7. The van der Waals surface area contributed by atoms with Gasteiger partial charge in [-0.1, -0.05) is 22.9 Å². The van der Waals surface area contributed by atoms with Crippen LogP contribution in [0.1, 0.15) is 18.4 Å². The van der Waals surface area contributed by atoms with E-state index >= 15 is 0 Å². The molecule has 0 amide bonds. The summed E-state index contributed by atoms with van der Waals surface area (Å²) < 4.78 is 16.6. The van der Waals surface area contributed by atoms with E-state index in [4.69, 9.17) is 19.0 Å². The lowest BCUT2D eigenvalue weighted by Gasteiger charge is -2.34. The van der Waals surface area contributed by atoms with E-state index in [9.17, 15) is 0 Å². The summed E-state index contributed by atoms with van der Waals surface area (Å²) in [6.45, 7) is 0.676. The van der Waals surface area contributed by atoms with Gasteiger partial charge in [-0.15, -0.1) is 5.10 Å². The van der Waals surface area contributed by atoms with Gasteiger partial charge in [0.2, 0.25) is 0 Å². The highest BCUT2D eigenvalue weighted by Crippen LogP contribution is 2.43. The molecule has 5 rings (SSSR count). The Bertz CT molecular complexity index is 1350. The lowest BCUT2D eigenvalue weighted by Crippen LogP contribution is -2.42. The van der Waals surface area contributed by atoms with Crippen LogP contribution >= 0.6 is 0 Å². The molecule has 8 heteroatoms. The second kappa shape index (κ2) is 8.96. The number of hydroxylamine groups is 3. The number of quaternary nitrogens is 1. The van der Waals surface area contributed by atoms with Gasteiger partial charge >= 0.3 is 5.88 Å². The van der Waals surface area contributed by atoms with E-state index in [0.29, 0.717) is 6.54 Å². The molecular weight excluding hydrogens is 432 g/mol. The van der Waals surface area contributed by atoms with Crippen LogP contribution in [0.4, 0.5) is 5.82 Å². The van der Waals surface area contributed by atoms with Gasteiger partial charge in [0.25, 0.3) is 0 Å². The van der Waals surface area contributed by atoms with Crippen molar-refractivity contribution in [3.05, 3.63) is 75.7 Å². The third-order valence-corrected chi connectivity index (χ3v) is 6.51. The van der Waals surface area contributed by atoms with Crippen LogP contribution in [0.2, 0.25) is 0 Å². The van der Waals surface area contributed by atoms with Gasteiger partial charge in [0.05, 0.1) is 45.1 Å². The van der Waals surface area contributed by atoms with Crippen LogP contribution < -0.4 is 25.2 Å². The van der Waals surface area contributed by atoms with Crippen LogP contribution in [0.5, 0.6) is 11.5 Å². The maximum absolute atomic E-state index is 6.09. The lowest BCUT2D eigenvalue weighted by atomic mass is 9.91. The van der Waals surface area contributed by atoms with Crippen LogP contribution in [0.3, 0.4) is 0 Å². The molecule has 0 bridgehead atoms. The Morgan fingerprint density at radius 1 is 1.06 bits per heavy atom. The van der Waals surface area contributed by atoms with Crippen LogP contribution in [0.25, 0.3) is 11.9 Å². The molecule has 0 fully saturated rings. The minimum atomic E-state index is 0.0484. The molecule has 2 aliphatic heterocycles. The van der Waals surface area contributed by atoms with Crippen LogP contribution in [-0.2, 0) is 16.0 Å². The molecule has 1 unspecified atom stereocenters. The largest absolute Gasteiger partial charge is 0.493 e. The number of ether oxygens (including phenoxy) is 3. The fourth-order valence-corrected chi connectivity index (χ4v) is 4.88. The molecule has 0 radical (unpaired) electrons. The molecule has 3 heterocycles. The topological polar surface area (TPSA) is 74.7 Å². The number of rotatable bonds is 8. The molecule has 34 heavy (non-hydrogen) atoms. The number of nitrogens with zero attached hydrogens (tertiary/aromatic N) is 3. The summed E-state index contributed by atoms with van der Waals surface area (Å²) in [5, 5.41) is 14.2. The van der Waals surface area contributed by atoms with Gasteiger partial charge in [0.15, 0.2) is 29.2 Å². The zero-order valence-electron chi connectivity index (χ0n) is 19.9. The lowest BCUT2D eigenvalue weighted by molar-refractivity contribution is -0.962. The van der Waals surface area contributed by atoms with Gasteiger partial charge in [-0.25, -0.2) is 0 Å². The molecular formula is C26H29N4O4+. The smallest absolute Gasteiger partial charge is 0.335 e. The van der Waals surface area contributed by atoms with Crippen molar-refractivity contribution in [3.8, 4) is 11.5 Å². The molecule has 2 aromatic rings. The average molecular weight is 462 g/mol. The van der Waals surface area contributed by atoms with Gasteiger partial charge in [-0.2, -0.15) is 9.94 Å². The SMILES string of the molecule is COC1=CC2=C(C=CCC2)C2=c3c(NCCc4ccc(OC)c(OC)c4)nncc3=C[N+]12OC. The van der Waals surface area contributed by atoms with E-state index in [1.165, 1.54) is 5.57 Å². The summed E-state index contributed by atoms with van der Waals surface area (Å²) in [7, 11) is 6.66. The Balaban J connectivity index is 1.53. The van der Waals surface area contributed by atoms with Crippen LogP contribution in [0, 0.1) is 0 Å². The fraction of sp³-hybridized carbons (Fsp3) is 0.308. The second-order valence-electron chi connectivity index (χ2n) is 8.27. The van der Waals surface area contributed by atoms with Gasteiger partial charge in [0.1, 0.15) is 0 Å². The Morgan fingerprint density at radius 2 is 1.91 bits per heavy atom. The summed E-state index contributed by atoms with van der Waals surface area (Å²) in [4.78, 5) is 6.09. The molecule has 1 N–H and O–H groups in total. The Labute approximate surface area is 198 Å². The number of allylic oxidation sites excluding steroid dienone is 3. The van der Waals surface area contributed by atoms with E-state index in [1.807, 2.05) is 24.4 Å². The molecule has 1 atom stereocenters. The first-order valence-corrected chi connectivity index (χ1v) is 11.3. The minimum absolute atomic E-state index is 0.0484. The summed E-state index contributed by atoms with van der Waals surface area (Å²) in [5.41, 5.74) is 4.54. The van der Waals surface area contributed by atoms with Crippen molar-refractivity contribution in [1.82, 2.24) is 10.2 Å². The van der Waals surface area contributed by atoms with Crippen LogP contribution in [0.15, 0.2) is 59.7 Å². The first-order chi connectivity index (χ1) is 16.6. The van der Waals surface area contributed by atoms with Crippen molar-refractivity contribution in [3.63, 3.8) is 0 Å². The normalized spacial score (nSPS) is 20.1. The van der Waals surface area contributed by atoms with E-state index < -0.39 is 0 Å². The predicted octanol–water partition coefficient (Wildman–Crippen LogP) is 2.53. The number of anilines is 1. The number of methoxy groups -OCH3 is 3. The highest BCUT2D eigenvalue weighted by atomic mass is 16.7. The first kappa shape index (κ1) is 22.2. The van der Waals surface area contributed by atoms with Crippen molar-refractivity contribution >= 4 is 17.7 Å². The number of nitrogens with one attached hydrogen (secondary N) is 1. The van der Waals surface area contributed by atoms with Crippen molar-refractivity contribution in [2.24, 2.45) is 0 Å². The predicted molar refractivity (Wildman–Crippen MR) is 129 cm³/mol. The Hall–Kier alpha value is -3.62.